The van der Waals surface area contributed by atoms with Crippen LogP contribution in [-0.4, -0.2) is 59.6 Å². The fourth-order valence-corrected chi connectivity index (χ4v) is 5.39. The Kier molecular flexibility index (Phi) is 7.16. The summed E-state index contributed by atoms with van der Waals surface area (Å²) < 4.78 is 41.7. The summed E-state index contributed by atoms with van der Waals surface area (Å²) in [5.41, 5.74) is 7.17. The zero-order valence-corrected chi connectivity index (χ0v) is 19.6. The van der Waals surface area contributed by atoms with Gasteiger partial charge in [0.15, 0.2) is 5.82 Å². The molecule has 1 saturated heterocycles. The van der Waals surface area contributed by atoms with Crippen molar-refractivity contribution >= 4 is 27.4 Å². The van der Waals surface area contributed by atoms with Gasteiger partial charge in [-0.2, -0.15) is 4.31 Å². The maximum atomic E-state index is 15.6. The first-order valence-electron chi connectivity index (χ1n) is 10.6. The van der Waals surface area contributed by atoms with Crippen LogP contribution in [0.5, 0.6) is 0 Å². The Bertz CT molecular complexity index is 1080. The minimum atomic E-state index is -3.28. The Morgan fingerprint density at radius 1 is 1.25 bits per heavy atom. The molecule has 1 aromatic carbocycles. The van der Waals surface area contributed by atoms with Gasteiger partial charge in [0.1, 0.15) is 0 Å². The lowest BCUT2D eigenvalue weighted by Crippen LogP contribution is -2.57. The van der Waals surface area contributed by atoms with E-state index in [-0.39, 0.29) is 30.1 Å². The molecule has 0 bridgehead atoms. The van der Waals surface area contributed by atoms with Gasteiger partial charge in [-0.1, -0.05) is 12.1 Å². The van der Waals surface area contributed by atoms with E-state index in [1.54, 1.807) is 38.1 Å². The summed E-state index contributed by atoms with van der Waals surface area (Å²) in [6.45, 7) is 8.26. The summed E-state index contributed by atoms with van der Waals surface area (Å²) in [6.07, 6.45) is 1.54. The van der Waals surface area contributed by atoms with Gasteiger partial charge in [-0.15, -0.1) is 0 Å². The van der Waals surface area contributed by atoms with Crippen molar-refractivity contribution in [2.75, 3.05) is 23.7 Å². The number of sulfonamides is 1. The number of urea groups is 1. The maximum absolute atomic E-state index is 15.6. The molecule has 2 atom stereocenters. The van der Waals surface area contributed by atoms with Crippen molar-refractivity contribution < 1.29 is 17.6 Å². The topological polar surface area (TPSA) is 99.8 Å². The Balaban J connectivity index is 1.89. The van der Waals surface area contributed by atoms with Crippen molar-refractivity contribution in [1.82, 2.24) is 14.2 Å². The SMILES string of the molecule is CCS(=O)(=O)N1C[C@@H](C)N(Cc2cccc(N(C(N)=O)c3ccnc(C)c3)c2F)[C@@H](C)C1. The lowest BCUT2D eigenvalue weighted by atomic mass is 10.1. The van der Waals surface area contributed by atoms with Gasteiger partial charge in [0, 0.05) is 49.2 Å². The third-order valence-corrected chi connectivity index (χ3v) is 7.65. The molecule has 0 radical (unpaired) electrons. The number of hydrogen-bond donors (Lipinski definition) is 1. The first-order valence-corrected chi connectivity index (χ1v) is 12.2. The summed E-state index contributed by atoms with van der Waals surface area (Å²) in [4.78, 5) is 19.5. The summed E-state index contributed by atoms with van der Waals surface area (Å²) in [5, 5.41) is 0. The zero-order chi connectivity index (χ0) is 23.6. The van der Waals surface area contributed by atoms with Crippen molar-refractivity contribution in [2.24, 2.45) is 5.73 Å². The van der Waals surface area contributed by atoms with E-state index in [4.69, 9.17) is 5.73 Å². The molecule has 3 rings (SSSR count). The fourth-order valence-electron chi connectivity index (χ4n) is 4.14. The molecule has 1 aliphatic heterocycles. The fraction of sp³-hybridized carbons (Fsp3) is 0.455. The minimum Gasteiger partial charge on any atom is -0.351 e. The number of anilines is 2. The highest BCUT2D eigenvalue weighted by atomic mass is 32.2. The van der Waals surface area contributed by atoms with Crippen molar-refractivity contribution in [3.8, 4) is 0 Å². The van der Waals surface area contributed by atoms with Crippen molar-refractivity contribution in [2.45, 2.75) is 46.3 Å². The molecular formula is C22H30FN5O3S. The molecule has 174 valence electrons. The smallest absolute Gasteiger partial charge is 0.323 e. The molecule has 0 unspecified atom stereocenters. The lowest BCUT2D eigenvalue weighted by Gasteiger charge is -2.43. The first kappa shape index (κ1) is 24.1. The predicted molar refractivity (Wildman–Crippen MR) is 123 cm³/mol. The maximum Gasteiger partial charge on any atom is 0.323 e. The molecule has 1 aliphatic rings. The Hall–Kier alpha value is -2.56. The van der Waals surface area contributed by atoms with Crippen molar-refractivity contribution in [1.29, 1.82) is 0 Å². The third-order valence-electron chi connectivity index (χ3n) is 5.84. The molecule has 2 amide bonds. The summed E-state index contributed by atoms with van der Waals surface area (Å²) in [7, 11) is -3.28. The molecule has 2 N–H and O–H groups in total. The second-order valence-corrected chi connectivity index (χ2v) is 10.4. The highest BCUT2D eigenvalue weighted by Gasteiger charge is 2.35. The van der Waals surface area contributed by atoms with E-state index < -0.39 is 21.9 Å². The van der Waals surface area contributed by atoms with Gasteiger partial charge in [-0.05, 0) is 45.9 Å². The average Bonchev–Trinajstić information content (AvgIpc) is 2.72. The summed E-state index contributed by atoms with van der Waals surface area (Å²) in [6, 6.07) is 7.13. The van der Waals surface area contributed by atoms with Crippen LogP contribution in [0, 0.1) is 12.7 Å². The van der Waals surface area contributed by atoms with Crippen molar-refractivity contribution in [3.05, 3.63) is 53.6 Å². The average molecular weight is 464 g/mol. The standard InChI is InChI=1S/C22H30FN5O3S/c1-5-32(30,31)26-12-16(3)27(17(4)13-26)14-18-7-6-8-20(21(18)23)28(22(24)29)19-9-10-25-15(2)11-19/h6-11,16-17H,5,12-14H2,1-4H3,(H2,24,29)/t16-,17+. The second kappa shape index (κ2) is 9.51. The number of halogens is 1. The van der Waals surface area contributed by atoms with E-state index in [1.807, 2.05) is 13.8 Å². The lowest BCUT2D eigenvalue weighted by molar-refractivity contribution is 0.0690. The number of pyridine rings is 1. The van der Waals surface area contributed by atoms with Crippen LogP contribution in [0.2, 0.25) is 0 Å². The molecule has 8 nitrogen and oxygen atoms in total. The van der Waals surface area contributed by atoms with Crippen molar-refractivity contribution in [3.63, 3.8) is 0 Å². The normalized spacial score (nSPS) is 20.3. The zero-order valence-electron chi connectivity index (χ0n) is 18.8. The number of rotatable bonds is 6. The monoisotopic (exact) mass is 463 g/mol. The van der Waals surface area contributed by atoms with Gasteiger partial charge in [-0.25, -0.2) is 17.6 Å². The summed E-state index contributed by atoms with van der Waals surface area (Å²) in [5.74, 6) is -0.482. The van der Waals surface area contributed by atoms with Crippen LogP contribution in [0.3, 0.4) is 0 Å². The number of amides is 2. The molecule has 32 heavy (non-hydrogen) atoms. The van der Waals surface area contributed by atoms with Crippen LogP contribution in [0.4, 0.5) is 20.6 Å². The highest BCUT2D eigenvalue weighted by Crippen LogP contribution is 2.31. The Morgan fingerprint density at radius 2 is 1.91 bits per heavy atom. The van der Waals surface area contributed by atoms with Crippen LogP contribution in [-0.2, 0) is 16.6 Å². The summed E-state index contributed by atoms with van der Waals surface area (Å²) >= 11 is 0. The van der Waals surface area contributed by atoms with Gasteiger partial charge < -0.3 is 5.73 Å². The minimum absolute atomic E-state index is 0.0561. The molecule has 0 spiro atoms. The molecule has 0 aliphatic carbocycles. The molecular weight excluding hydrogens is 433 g/mol. The van der Waals surface area contributed by atoms with Gasteiger partial charge >= 0.3 is 6.03 Å². The van der Waals surface area contributed by atoms with Gasteiger partial charge in [0.2, 0.25) is 10.0 Å². The number of carbonyl (C=O) groups excluding carboxylic acids is 1. The molecule has 2 aromatic rings. The van der Waals surface area contributed by atoms with Crippen LogP contribution in [0.15, 0.2) is 36.5 Å². The van der Waals surface area contributed by atoms with E-state index in [9.17, 15) is 13.2 Å². The molecule has 2 heterocycles. The number of aryl methyl sites for hydroxylation is 1. The molecule has 1 fully saturated rings. The third kappa shape index (κ3) is 4.92. The Labute approximate surface area is 188 Å². The number of benzene rings is 1. The van der Waals surface area contributed by atoms with E-state index in [1.165, 1.54) is 16.6 Å². The van der Waals surface area contributed by atoms with Crippen LogP contribution < -0.4 is 10.6 Å². The predicted octanol–water partition coefficient (Wildman–Crippen LogP) is 2.99. The number of piperazine rings is 1. The largest absolute Gasteiger partial charge is 0.351 e. The first-order chi connectivity index (χ1) is 15.0. The molecule has 10 heteroatoms. The quantitative estimate of drug-likeness (QED) is 0.710. The number of primary amides is 1. The van der Waals surface area contributed by atoms with E-state index >= 15 is 4.39 Å². The van der Waals surface area contributed by atoms with Crippen LogP contribution in [0.25, 0.3) is 0 Å². The number of hydrogen-bond acceptors (Lipinski definition) is 5. The van der Waals surface area contributed by atoms with Crippen LogP contribution in [0.1, 0.15) is 32.0 Å². The highest BCUT2D eigenvalue weighted by molar-refractivity contribution is 7.89. The molecule has 1 aromatic heterocycles. The van der Waals surface area contributed by atoms with Gasteiger partial charge in [-0.3, -0.25) is 14.8 Å². The number of carbonyl (C=O) groups is 1. The second-order valence-electron chi connectivity index (χ2n) is 8.17. The Morgan fingerprint density at radius 3 is 2.47 bits per heavy atom. The van der Waals surface area contributed by atoms with Crippen LogP contribution >= 0.6 is 0 Å². The number of nitrogens with two attached hydrogens (primary N) is 1. The van der Waals surface area contributed by atoms with Gasteiger partial charge in [0.05, 0.1) is 17.1 Å². The van der Waals surface area contributed by atoms with E-state index in [0.717, 1.165) is 4.90 Å². The van der Waals surface area contributed by atoms with E-state index in [2.05, 4.69) is 9.88 Å². The number of nitrogens with zero attached hydrogens (tertiary/aromatic N) is 4. The number of aromatic nitrogens is 1. The van der Waals surface area contributed by atoms with E-state index in [0.29, 0.717) is 30.0 Å². The van der Waals surface area contributed by atoms with Gasteiger partial charge in [0.25, 0.3) is 0 Å². The molecule has 0 saturated carbocycles.